The number of thiophene rings is 1. The van der Waals surface area contributed by atoms with Crippen molar-refractivity contribution in [1.29, 1.82) is 0 Å². The highest BCUT2D eigenvalue weighted by atomic mass is 32.1. The lowest BCUT2D eigenvalue weighted by atomic mass is 9.94. The van der Waals surface area contributed by atoms with Crippen LogP contribution in [0.5, 0.6) is 11.8 Å². The molecule has 0 fully saturated rings. The summed E-state index contributed by atoms with van der Waals surface area (Å²) in [4.78, 5) is 10.1. The first-order valence-corrected chi connectivity index (χ1v) is 7.48. The lowest BCUT2D eigenvalue weighted by molar-refractivity contribution is 0.372. The number of rotatable bonds is 4. The van der Waals surface area contributed by atoms with Crippen molar-refractivity contribution < 1.29 is 9.47 Å². The molecular formula is C14H17N3O2S. The van der Waals surface area contributed by atoms with E-state index in [1.807, 2.05) is 11.3 Å². The van der Waals surface area contributed by atoms with Crippen molar-refractivity contribution in [2.75, 3.05) is 19.5 Å². The molecule has 3 rings (SSSR count). The highest BCUT2D eigenvalue weighted by Crippen LogP contribution is 2.35. The van der Waals surface area contributed by atoms with Crippen LogP contribution in [0, 0.1) is 0 Å². The van der Waals surface area contributed by atoms with Crippen LogP contribution in [0.3, 0.4) is 0 Å². The van der Waals surface area contributed by atoms with E-state index in [-0.39, 0.29) is 6.04 Å². The Balaban J connectivity index is 1.85. The topological polar surface area (TPSA) is 56.3 Å². The van der Waals surface area contributed by atoms with E-state index in [2.05, 4.69) is 26.7 Å². The standard InChI is InChI=1S/C14H17N3O2S/c1-18-12-8-13(19-2)17-14(16-12)15-10-4-3-5-11-9(10)6-7-20-11/h6-8,10H,3-5H2,1-2H3,(H,15,16,17). The molecule has 0 saturated carbocycles. The van der Waals surface area contributed by atoms with E-state index in [0.29, 0.717) is 17.7 Å². The number of methoxy groups -OCH3 is 2. The molecule has 1 N–H and O–H groups in total. The minimum atomic E-state index is 0.266. The summed E-state index contributed by atoms with van der Waals surface area (Å²) in [6.07, 6.45) is 3.45. The third-order valence-corrected chi connectivity index (χ3v) is 4.45. The average Bonchev–Trinajstić information content (AvgIpc) is 2.96. The molecule has 106 valence electrons. The van der Waals surface area contributed by atoms with E-state index >= 15 is 0 Å². The van der Waals surface area contributed by atoms with Crippen LogP contribution in [-0.2, 0) is 6.42 Å². The molecule has 0 aliphatic heterocycles. The number of hydrogen-bond donors (Lipinski definition) is 1. The molecule has 20 heavy (non-hydrogen) atoms. The maximum absolute atomic E-state index is 5.17. The summed E-state index contributed by atoms with van der Waals surface area (Å²) in [6.45, 7) is 0. The number of aryl methyl sites for hydroxylation is 1. The Morgan fingerprint density at radius 3 is 2.70 bits per heavy atom. The lowest BCUT2D eigenvalue weighted by Crippen LogP contribution is -2.17. The van der Waals surface area contributed by atoms with E-state index < -0.39 is 0 Å². The van der Waals surface area contributed by atoms with Gasteiger partial charge in [0.15, 0.2) is 0 Å². The van der Waals surface area contributed by atoms with Gasteiger partial charge in [-0.3, -0.25) is 0 Å². The van der Waals surface area contributed by atoms with Crippen molar-refractivity contribution in [1.82, 2.24) is 9.97 Å². The van der Waals surface area contributed by atoms with Gasteiger partial charge in [0, 0.05) is 4.88 Å². The largest absolute Gasteiger partial charge is 0.481 e. The predicted octanol–water partition coefficient (Wildman–Crippen LogP) is 3.04. The molecule has 0 radical (unpaired) electrons. The molecule has 5 nitrogen and oxygen atoms in total. The van der Waals surface area contributed by atoms with Crippen LogP contribution in [0.2, 0.25) is 0 Å². The van der Waals surface area contributed by atoms with E-state index in [1.165, 1.54) is 23.3 Å². The van der Waals surface area contributed by atoms with Crippen LogP contribution >= 0.6 is 11.3 Å². The Bertz CT molecular complexity index is 578. The third kappa shape index (κ3) is 2.56. The number of hydrogen-bond acceptors (Lipinski definition) is 6. The van der Waals surface area contributed by atoms with Gasteiger partial charge in [-0.25, -0.2) is 0 Å². The quantitative estimate of drug-likeness (QED) is 0.938. The molecule has 0 bridgehead atoms. The van der Waals surface area contributed by atoms with Crippen molar-refractivity contribution in [3.05, 3.63) is 28.0 Å². The summed E-state index contributed by atoms with van der Waals surface area (Å²) < 4.78 is 10.3. The van der Waals surface area contributed by atoms with Crippen LogP contribution in [0.25, 0.3) is 0 Å². The second-order valence-corrected chi connectivity index (χ2v) is 5.67. The Labute approximate surface area is 122 Å². The number of nitrogens with zero attached hydrogens (tertiary/aromatic N) is 2. The van der Waals surface area contributed by atoms with Gasteiger partial charge in [-0.1, -0.05) is 0 Å². The summed E-state index contributed by atoms with van der Waals surface area (Å²) in [6, 6.07) is 4.12. The van der Waals surface area contributed by atoms with Gasteiger partial charge >= 0.3 is 0 Å². The highest BCUT2D eigenvalue weighted by Gasteiger charge is 2.22. The second-order valence-electron chi connectivity index (χ2n) is 4.66. The molecule has 2 aromatic heterocycles. The van der Waals surface area contributed by atoms with E-state index in [1.54, 1.807) is 20.3 Å². The molecule has 1 unspecified atom stereocenters. The minimum absolute atomic E-state index is 0.266. The molecule has 1 aliphatic rings. The maximum Gasteiger partial charge on any atom is 0.229 e. The summed E-state index contributed by atoms with van der Waals surface area (Å²) in [7, 11) is 3.17. The molecule has 1 aliphatic carbocycles. The monoisotopic (exact) mass is 291 g/mol. The fraction of sp³-hybridized carbons (Fsp3) is 0.429. The van der Waals surface area contributed by atoms with Gasteiger partial charge in [-0.2, -0.15) is 9.97 Å². The molecule has 2 aromatic rings. The Morgan fingerprint density at radius 2 is 2.00 bits per heavy atom. The van der Waals surface area contributed by atoms with Crippen molar-refractivity contribution in [3.8, 4) is 11.8 Å². The molecular weight excluding hydrogens is 274 g/mol. The van der Waals surface area contributed by atoms with Gasteiger partial charge in [0.2, 0.25) is 17.7 Å². The van der Waals surface area contributed by atoms with Crippen LogP contribution in [-0.4, -0.2) is 24.2 Å². The third-order valence-electron chi connectivity index (χ3n) is 3.45. The van der Waals surface area contributed by atoms with Crippen molar-refractivity contribution in [2.45, 2.75) is 25.3 Å². The number of ether oxygens (including phenoxy) is 2. The maximum atomic E-state index is 5.17. The first kappa shape index (κ1) is 13.2. The van der Waals surface area contributed by atoms with Crippen LogP contribution < -0.4 is 14.8 Å². The zero-order valence-corrected chi connectivity index (χ0v) is 12.4. The molecule has 6 heteroatoms. The first-order chi connectivity index (χ1) is 9.80. The summed E-state index contributed by atoms with van der Waals surface area (Å²) in [5, 5.41) is 5.55. The van der Waals surface area contributed by atoms with Gasteiger partial charge in [0.25, 0.3) is 0 Å². The number of fused-ring (bicyclic) bond motifs is 1. The predicted molar refractivity (Wildman–Crippen MR) is 78.8 cm³/mol. The van der Waals surface area contributed by atoms with Gasteiger partial charge in [-0.15, -0.1) is 11.3 Å². The van der Waals surface area contributed by atoms with E-state index in [9.17, 15) is 0 Å². The van der Waals surface area contributed by atoms with Crippen LogP contribution in [0.1, 0.15) is 29.3 Å². The molecule has 0 amide bonds. The van der Waals surface area contributed by atoms with Crippen LogP contribution in [0.15, 0.2) is 17.5 Å². The zero-order valence-electron chi connectivity index (χ0n) is 11.5. The number of aromatic nitrogens is 2. The Kier molecular flexibility index (Phi) is 3.73. The van der Waals surface area contributed by atoms with E-state index in [4.69, 9.17) is 9.47 Å². The SMILES string of the molecule is COc1cc(OC)nc(NC2CCCc3sccc32)n1. The Morgan fingerprint density at radius 1 is 1.25 bits per heavy atom. The molecule has 0 saturated heterocycles. The zero-order chi connectivity index (χ0) is 13.9. The molecule has 2 heterocycles. The van der Waals surface area contributed by atoms with Crippen molar-refractivity contribution >= 4 is 17.3 Å². The Hall–Kier alpha value is -1.82. The van der Waals surface area contributed by atoms with Gasteiger partial charge in [0.05, 0.1) is 26.3 Å². The smallest absolute Gasteiger partial charge is 0.229 e. The summed E-state index contributed by atoms with van der Waals surface area (Å²) in [5.74, 6) is 1.55. The van der Waals surface area contributed by atoms with Crippen LogP contribution in [0.4, 0.5) is 5.95 Å². The molecule has 0 aromatic carbocycles. The van der Waals surface area contributed by atoms with E-state index in [0.717, 1.165) is 6.42 Å². The molecule has 0 spiro atoms. The normalized spacial score (nSPS) is 17.4. The first-order valence-electron chi connectivity index (χ1n) is 6.60. The number of nitrogens with one attached hydrogen (secondary N) is 1. The minimum Gasteiger partial charge on any atom is -0.481 e. The van der Waals surface area contributed by atoms with Crippen molar-refractivity contribution in [2.24, 2.45) is 0 Å². The average molecular weight is 291 g/mol. The molecule has 1 atom stereocenters. The fourth-order valence-electron chi connectivity index (χ4n) is 2.47. The van der Waals surface area contributed by atoms with Gasteiger partial charge in [0.1, 0.15) is 0 Å². The number of anilines is 1. The highest BCUT2D eigenvalue weighted by molar-refractivity contribution is 7.10. The fourth-order valence-corrected chi connectivity index (χ4v) is 3.46. The van der Waals surface area contributed by atoms with Gasteiger partial charge < -0.3 is 14.8 Å². The van der Waals surface area contributed by atoms with Gasteiger partial charge in [-0.05, 0) is 36.3 Å². The summed E-state index contributed by atoms with van der Waals surface area (Å²) in [5.41, 5.74) is 1.37. The lowest BCUT2D eigenvalue weighted by Gasteiger charge is -2.23. The summed E-state index contributed by atoms with van der Waals surface area (Å²) >= 11 is 1.82. The van der Waals surface area contributed by atoms with Crippen molar-refractivity contribution in [3.63, 3.8) is 0 Å². The second kappa shape index (κ2) is 5.66.